The van der Waals surface area contributed by atoms with Crippen LogP contribution < -0.4 is 0 Å². The van der Waals surface area contributed by atoms with Crippen LogP contribution in [-0.2, 0) is 0 Å². The predicted octanol–water partition coefficient (Wildman–Crippen LogP) is 7.24. The zero-order valence-corrected chi connectivity index (χ0v) is 16.3. The minimum Gasteiger partial charge on any atom is -0.437 e. The molecule has 1 fully saturated rings. The van der Waals surface area contributed by atoms with Crippen molar-refractivity contribution in [3.05, 3.63) is 72.4 Å². The Balaban J connectivity index is 1.48. The van der Waals surface area contributed by atoms with Gasteiger partial charge in [-0.3, -0.25) is 4.98 Å². The molecule has 0 radical (unpaired) electrons. The monoisotopic (exact) mass is 378 g/mol. The van der Waals surface area contributed by atoms with E-state index in [1.807, 2.05) is 18.2 Å². The van der Waals surface area contributed by atoms with Gasteiger partial charge in [0.15, 0.2) is 0 Å². The van der Waals surface area contributed by atoms with Gasteiger partial charge >= 0.3 is 0 Å². The third-order valence-corrected chi connectivity index (χ3v) is 6.33. The smallest absolute Gasteiger partial charge is 0.227 e. The van der Waals surface area contributed by atoms with Crippen molar-refractivity contribution in [2.45, 2.75) is 38.0 Å². The zero-order chi connectivity index (χ0) is 19.2. The molecular weight excluding hydrogens is 356 g/mol. The summed E-state index contributed by atoms with van der Waals surface area (Å²) in [5, 5.41) is 3.27. The van der Waals surface area contributed by atoms with E-state index in [9.17, 15) is 0 Å². The highest BCUT2D eigenvalue weighted by molar-refractivity contribution is 6.10. The van der Waals surface area contributed by atoms with Gasteiger partial charge in [-0.05, 0) is 48.6 Å². The fraction of sp³-hybridized carbons (Fsp3) is 0.231. The van der Waals surface area contributed by atoms with Crippen LogP contribution in [0.25, 0.3) is 44.2 Å². The van der Waals surface area contributed by atoms with E-state index in [-0.39, 0.29) is 0 Å². The number of aromatic nitrogens is 2. The fourth-order valence-corrected chi connectivity index (χ4v) is 4.77. The van der Waals surface area contributed by atoms with Crippen LogP contribution in [-0.4, -0.2) is 9.97 Å². The predicted molar refractivity (Wildman–Crippen MR) is 118 cm³/mol. The normalized spacial score (nSPS) is 15.4. The van der Waals surface area contributed by atoms with Crippen LogP contribution in [0.4, 0.5) is 0 Å². The molecule has 2 aromatic carbocycles. The van der Waals surface area contributed by atoms with E-state index >= 15 is 0 Å². The fourth-order valence-electron chi connectivity index (χ4n) is 4.77. The maximum absolute atomic E-state index is 6.24. The van der Waals surface area contributed by atoms with E-state index in [0.29, 0.717) is 11.6 Å². The molecule has 3 nitrogen and oxygen atoms in total. The largest absolute Gasteiger partial charge is 0.437 e. The third-order valence-electron chi connectivity index (χ3n) is 6.33. The first-order valence-electron chi connectivity index (χ1n) is 10.5. The van der Waals surface area contributed by atoms with Crippen LogP contribution in [0.5, 0.6) is 0 Å². The summed E-state index contributed by atoms with van der Waals surface area (Å²) < 4.78 is 6.24. The van der Waals surface area contributed by atoms with E-state index in [4.69, 9.17) is 14.4 Å². The number of para-hydroxylation sites is 2. The molecule has 0 spiro atoms. The topological polar surface area (TPSA) is 38.9 Å². The maximum Gasteiger partial charge on any atom is 0.227 e. The van der Waals surface area contributed by atoms with Crippen molar-refractivity contribution in [2.75, 3.05) is 0 Å². The number of fused-ring (bicyclic) bond motifs is 4. The molecule has 0 atom stereocenters. The molecule has 3 heteroatoms. The van der Waals surface area contributed by atoms with Gasteiger partial charge in [-0.25, -0.2) is 4.98 Å². The van der Waals surface area contributed by atoms with Crippen molar-refractivity contribution in [3.63, 3.8) is 0 Å². The summed E-state index contributed by atoms with van der Waals surface area (Å²) in [5.41, 5.74) is 5.86. The van der Waals surface area contributed by atoms with Gasteiger partial charge in [-0.1, -0.05) is 55.7 Å². The molecule has 0 N–H and O–H groups in total. The molecule has 0 amide bonds. The molecule has 0 unspecified atom stereocenters. The first-order chi connectivity index (χ1) is 14.4. The van der Waals surface area contributed by atoms with Crippen LogP contribution in [0.15, 0.2) is 71.3 Å². The minimum atomic E-state index is 0.670. The number of hydrogen-bond donors (Lipinski definition) is 0. The maximum atomic E-state index is 6.24. The lowest BCUT2D eigenvalue weighted by Crippen LogP contribution is -2.04. The minimum absolute atomic E-state index is 0.670. The van der Waals surface area contributed by atoms with Crippen molar-refractivity contribution in [2.24, 2.45) is 0 Å². The SMILES string of the molecule is c1ccc2nc3oc4c(-c5ccc(C6CCCCC6)cn5)cccc4c3cc2c1. The van der Waals surface area contributed by atoms with Crippen LogP contribution in [0.2, 0.25) is 0 Å². The van der Waals surface area contributed by atoms with Crippen molar-refractivity contribution in [1.82, 2.24) is 9.97 Å². The molecule has 0 saturated heterocycles. The highest BCUT2D eigenvalue weighted by Crippen LogP contribution is 2.37. The van der Waals surface area contributed by atoms with Gasteiger partial charge in [0.2, 0.25) is 5.71 Å². The summed E-state index contributed by atoms with van der Waals surface area (Å²) in [4.78, 5) is 9.56. The lowest BCUT2D eigenvalue weighted by molar-refractivity contribution is 0.443. The number of rotatable bonds is 2. The highest BCUT2D eigenvalue weighted by Gasteiger charge is 2.17. The van der Waals surface area contributed by atoms with Gasteiger partial charge in [0.1, 0.15) is 5.58 Å². The average Bonchev–Trinajstić information content (AvgIpc) is 3.16. The zero-order valence-electron chi connectivity index (χ0n) is 16.3. The second kappa shape index (κ2) is 6.70. The molecular formula is C26H22N2O. The number of benzene rings is 2. The molecule has 5 aromatic rings. The molecule has 6 rings (SSSR count). The van der Waals surface area contributed by atoms with Crippen LogP contribution in [0.3, 0.4) is 0 Å². The van der Waals surface area contributed by atoms with E-state index in [1.165, 1.54) is 37.7 Å². The van der Waals surface area contributed by atoms with Gasteiger partial charge in [0.05, 0.1) is 11.2 Å². The molecule has 3 aromatic heterocycles. The summed E-state index contributed by atoms with van der Waals surface area (Å²) in [5.74, 6) is 0.670. The summed E-state index contributed by atoms with van der Waals surface area (Å²) in [6.07, 6.45) is 8.70. The van der Waals surface area contributed by atoms with Crippen LogP contribution in [0.1, 0.15) is 43.6 Å². The van der Waals surface area contributed by atoms with Gasteiger partial charge in [0.25, 0.3) is 0 Å². The third kappa shape index (κ3) is 2.80. The Hall–Kier alpha value is -3.20. The van der Waals surface area contributed by atoms with E-state index in [2.05, 4.69) is 48.7 Å². The molecule has 0 aliphatic heterocycles. The van der Waals surface area contributed by atoms with Crippen LogP contribution >= 0.6 is 0 Å². The molecule has 3 heterocycles. The molecule has 1 aliphatic carbocycles. The van der Waals surface area contributed by atoms with Gasteiger partial charge in [0, 0.05) is 27.9 Å². The Morgan fingerprint density at radius 1 is 0.828 bits per heavy atom. The van der Waals surface area contributed by atoms with Gasteiger partial charge in [-0.15, -0.1) is 0 Å². The Bertz CT molecular complexity index is 1330. The summed E-state index contributed by atoms with van der Waals surface area (Å²) in [7, 11) is 0. The van der Waals surface area contributed by atoms with Crippen molar-refractivity contribution in [1.29, 1.82) is 0 Å². The standard InChI is InChI=1S/C26H22N2O/c1-2-7-17(8-3-1)19-13-14-24(27-16-19)21-11-6-10-20-22-15-18-9-4-5-12-23(18)28-26(22)29-25(20)21/h4-6,9-17H,1-3,7-8H2. The quantitative estimate of drug-likeness (QED) is 0.325. The van der Waals surface area contributed by atoms with E-state index in [1.54, 1.807) is 0 Å². The van der Waals surface area contributed by atoms with Crippen LogP contribution in [0, 0.1) is 0 Å². The lowest BCUT2D eigenvalue weighted by Gasteiger charge is -2.21. The Morgan fingerprint density at radius 3 is 2.59 bits per heavy atom. The Labute approximate surface area is 169 Å². The molecule has 1 saturated carbocycles. The summed E-state index contributed by atoms with van der Waals surface area (Å²) in [6.45, 7) is 0. The van der Waals surface area contributed by atoms with Gasteiger partial charge in [-0.2, -0.15) is 0 Å². The molecule has 0 bridgehead atoms. The van der Waals surface area contributed by atoms with Crippen molar-refractivity contribution >= 4 is 33.0 Å². The van der Waals surface area contributed by atoms with Crippen molar-refractivity contribution in [3.8, 4) is 11.3 Å². The first kappa shape index (κ1) is 16.7. The van der Waals surface area contributed by atoms with E-state index < -0.39 is 0 Å². The summed E-state index contributed by atoms with van der Waals surface area (Å²) in [6, 6.07) is 21.0. The number of nitrogens with zero attached hydrogens (tertiary/aromatic N) is 2. The summed E-state index contributed by atoms with van der Waals surface area (Å²) >= 11 is 0. The number of hydrogen-bond acceptors (Lipinski definition) is 3. The molecule has 142 valence electrons. The van der Waals surface area contributed by atoms with Crippen molar-refractivity contribution < 1.29 is 4.42 Å². The average molecular weight is 378 g/mol. The lowest BCUT2D eigenvalue weighted by atomic mass is 9.85. The number of pyridine rings is 2. The second-order valence-electron chi connectivity index (χ2n) is 8.13. The van der Waals surface area contributed by atoms with Gasteiger partial charge < -0.3 is 4.42 Å². The van der Waals surface area contributed by atoms with E-state index in [0.717, 1.165) is 38.5 Å². The molecule has 29 heavy (non-hydrogen) atoms. The highest BCUT2D eigenvalue weighted by atomic mass is 16.3. The number of furan rings is 1. The first-order valence-corrected chi connectivity index (χ1v) is 10.5. The Kier molecular flexibility index (Phi) is 3.86. The molecule has 1 aliphatic rings. The second-order valence-corrected chi connectivity index (χ2v) is 8.13. The Morgan fingerprint density at radius 2 is 1.72 bits per heavy atom.